The number of nitrogens with one attached hydrogen (secondary N) is 1. The van der Waals surface area contributed by atoms with E-state index in [0.717, 1.165) is 17.9 Å². The van der Waals surface area contributed by atoms with Crippen LogP contribution in [0.5, 0.6) is 5.75 Å². The Morgan fingerprint density at radius 2 is 2.00 bits per heavy atom. The van der Waals surface area contributed by atoms with E-state index in [1.807, 2.05) is 37.4 Å². The molecule has 0 aromatic heterocycles. The smallest absolute Gasteiger partial charge is 0.119 e. The van der Waals surface area contributed by atoms with Crippen molar-refractivity contribution in [1.82, 2.24) is 5.32 Å². The second-order valence-corrected chi connectivity index (χ2v) is 3.49. The van der Waals surface area contributed by atoms with Crippen LogP contribution in [0.25, 0.3) is 0 Å². The van der Waals surface area contributed by atoms with E-state index < -0.39 is 0 Å². The van der Waals surface area contributed by atoms with Gasteiger partial charge in [-0.05, 0) is 24.8 Å². The van der Waals surface area contributed by atoms with Crippen LogP contribution < -0.4 is 10.1 Å². The van der Waals surface area contributed by atoms with Crippen LogP contribution in [0.1, 0.15) is 0 Å². The van der Waals surface area contributed by atoms with Crippen molar-refractivity contribution in [2.45, 2.75) is 0 Å². The molecule has 0 bridgehead atoms. The first-order chi connectivity index (χ1) is 7.83. The highest BCUT2D eigenvalue weighted by Crippen LogP contribution is 2.07. The Hall–Kier alpha value is -1.32. The number of ether oxygens (including phenoxy) is 2. The standard InChI is InChI=1S/C13H19NO2/c1-12(10-14-2)11-15-8-9-16-13-6-4-3-5-7-13/h3-7,14H,1,8-11H2,2H3. The van der Waals surface area contributed by atoms with E-state index in [9.17, 15) is 0 Å². The minimum atomic E-state index is 0.566. The molecule has 0 saturated heterocycles. The summed E-state index contributed by atoms with van der Waals surface area (Å²) >= 11 is 0. The van der Waals surface area contributed by atoms with E-state index in [2.05, 4.69) is 11.9 Å². The van der Waals surface area contributed by atoms with Gasteiger partial charge in [-0.1, -0.05) is 24.8 Å². The third-order valence-electron chi connectivity index (χ3n) is 1.97. The van der Waals surface area contributed by atoms with Gasteiger partial charge in [0.2, 0.25) is 0 Å². The lowest BCUT2D eigenvalue weighted by Gasteiger charge is -2.08. The summed E-state index contributed by atoms with van der Waals surface area (Å²) in [6, 6.07) is 9.72. The molecular formula is C13H19NO2. The number of hydrogen-bond donors (Lipinski definition) is 1. The highest BCUT2D eigenvalue weighted by molar-refractivity contribution is 5.20. The molecule has 1 rings (SSSR count). The van der Waals surface area contributed by atoms with E-state index in [4.69, 9.17) is 9.47 Å². The molecule has 0 heterocycles. The molecule has 0 spiro atoms. The summed E-state index contributed by atoms with van der Waals surface area (Å²) in [5, 5.41) is 3.02. The van der Waals surface area contributed by atoms with E-state index in [1.54, 1.807) is 0 Å². The molecule has 3 nitrogen and oxygen atoms in total. The number of para-hydroxylation sites is 1. The zero-order chi connectivity index (χ0) is 11.6. The highest BCUT2D eigenvalue weighted by Gasteiger charge is 1.94. The third-order valence-corrected chi connectivity index (χ3v) is 1.97. The summed E-state index contributed by atoms with van der Waals surface area (Å²) in [6.45, 7) is 6.39. The number of hydrogen-bond acceptors (Lipinski definition) is 3. The molecule has 0 amide bonds. The molecule has 0 unspecified atom stereocenters. The minimum absolute atomic E-state index is 0.566. The van der Waals surface area contributed by atoms with Gasteiger partial charge < -0.3 is 14.8 Å². The summed E-state index contributed by atoms with van der Waals surface area (Å²) in [6.07, 6.45) is 0. The van der Waals surface area contributed by atoms with Gasteiger partial charge in [-0.2, -0.15) is 0 Å². The van der Waals surface area contributed by atoms with E-state index >= 15 is 0 Å². The van der Waals surface area contributed by atoms with Crippen LogP contribution in [-0.4, -0.2) is 33.4 Å². The maximum absolute atomic E-state index is 5.48. The fraction of sp³-hybridized carbons (Fsp3) is 0.385. The van der Waals surface area contributed by atoms with Crippen molar-refractivity contribution in [2.75, 3.05) is 33.4 Å². The molecule has 88 valence electrons. The highest BCUT2D eigenvalue weighted by atomic mass is 16.5. The Morgan fingerprint density at radius 3 is 2.69 bits per heavy atom. The lowest BCUT2D eigenvalue weighted by atomic mass is 10.3. The Morgan fingerprint density at radius 1 is 1.25 bits per heavy atom. The number of benzene rings is 1. The molecule has 1 aromatic rings. The van der Waals surface area contributed by atoms with Gasteiger partial charge in [0.25, 0.3) is 0 Å². The fourth-order valence-corrected chi connectivity index (χ4v) is 1.25. The lowest BCUT2D eigenvalue weighted by molar-refractivity contribution is 0.116. The van der Waals surface area contributed by atoms with Crippen molar-refractivity contribution >= 4 is 0 Å². The second-order valence-electron chi connectivity index (χ2n) is 3.49. The van der Waals surface area contributed by atoms with Gasteiger partial charge in [0, 0.05) is 6.54 Å². The third kappa shape index (κ3) is 5.53. The molecule has 0 aliphatic carbocycles. The van der Waals surface area contributed by atoms with Crippen LogP contribution in [0.4, 0.5) is 0 Å². The Bertz CT molecular complexity index is 298. The molecule has 0 atom stereocenters. The summed E-state index contributed by atoms with van der Waals surface area (Å²) in [4.78, 5) is 0. The predicted octanol–water partition coefficient (Wildman–Crippen LogP) is 1.86. The molecule has 0 fully saturated rings. The monoisotopic (exact) mass is 221 g/mol. The molecule has 16 heavy (non-hydrogen) atoms. The van der Waals surface area contributed by atoms with Gasteiger partial charge in [0.1, 0.15) is 12.4 Å². The molecule has 0 radical (unpaired) electrons. The fourth-order valence-electron chi connectivity index (χ4n) is 1.25. The van der Waals surface area contributed by atoms with Gasteiger partial charge in [0.05, 0.1) is 13.2 Å². The topological polar surface area (TPSA) is 30.5 Å². The largest absolute Gasteiger partial charge is 0.491 e. The average molecular weight is 221 g/mol. The van der Waals surface area contributed by atoms with Gasteiger partial charge in [-0.15, -0.1) is 0 Å². The summed E-state index contributed by atoms with van der Waals surface area (Å²) in [7, 11) is 1.89. The van der Waals surface area contributed by atoms with E-state index in [-0.39, 0.29) is 0 Å². The van der Waals surface area contributed by atoms with Gasteiger partial charge >= 0.3 is 0 Å². The average Bonchev–Trinajstić information content (AvgIpc) is 2.30. The Labute approximate surface area is 97.1 Å². The minimum Gasteiger partial charge on any atom is -0.491 e. The molecule has 1 N–H and O–H groups in total. The Kier molecular flexibility index (Phi) is 6.30. The van der Waals surface area contributed by atoms with E-state index in [0.29, 0.717) is 19.8 Å². The maximum atomic E-state index is 5.48. The summed E-state index contributed by atoms with van der Waals surface area (Å²) in [5.74, 6) is 0.875. The van der Waals surface area contributed by atoms with Gasteiger partial charge in [-0.3, -0.25) is 0 Å². The van der Waals surface area contributed by atoms with Crippen molar-refractivity contribution < 1.29 is 9.47 Å². The van der Waals surface area contributed by atoms with Crippen LogP contribution in [0.3, 0.4) is 0 Å². The van der Waals surface area contributed by atoms with Crippen LogP contribution in [0.2, 0.25) is 0 Å². The molecule has 0 aliphatic rings. The second kappa shape index (κ2) is 7.91. The van der Waals surface area contributed by atoms with Crippen molar-refractivity contribution in [2.24, 2.45) is 0 Å². The normalized spacial score (nSPS) is 10.1. The first-order valence-electron chi connectivity index (χ1n) is 5.40. The number of likely N-dealkylation sites (N-methyl/N-ethyl adjacent to an activating group) is 1. The van der Waals surface area contributed by atoms with E-state index in [1.165, 1.54) is 0 Å². The first kappa shape index (κ1) is 12.7. The van der Waals surface area contributed by atoms with Crippen molar-refractivity contribution in [3.05, 3.63) is 42.5 Å². The van der Waals surface area contributed by atoms with Crippen molar-refractivity contribution in [3.63, 3.8) is 0 Å². The zero-order valence-electron chi connectivity index (χ0n) is 9.74. The number of rotatable bonds is 8. The Balaban J connectivity index is 2.02. The predicted molar refractivity (Wildman–Crippen MR) is 65.8 cm³/mol. The van der Waals surface area contributed by atoms with Crippen LogP contribution in [-0.2, 0) is 4.74 Å². The lowest BCUT2D eigenvalue weighted by Crippen LogP contribution is -2.15. The molecular weight excluding hydrogens is 202 g/mol. The van der Waals surface area contributed by atoms with Crippen LogP contribution >= 0.6 is 0 Å². The summed E-state index contributed by atoms with van der Waals surface area (Å²) < 4.78 is 10.9. The molecule has 0 saturated carbocycles. The van der Waals surface area contributed by atoms with Gasteiger partial charge in [-0.25, -0.2) is 0 Å². The molecule has 0 aliphatic heterocycles. The van der Waals surface area contributed by atoms with Crippen molar-refractivity contribution in [3.8, 4) is 5.75 Å². The SMILES string of the molecule is C=C(CNC)COCCOc1ccccc1. The molecule has 3 heteroatoms. The summed E-state index contributed by atoms with van der Waals surface area (Å²) in [5.41, 5.74) is 1.04. The zero-order valence-corrected chi connectivity index (χ0v) is 9.74. The van der Waals surface area contributed by atoms with Crippen molar-refractivity contribution in [1.29, 1.82) is 0 Å². The maximum Gasteiger partial charge on any atom is 0.119 e. The molecule has 1 aromatic carbocycles. The van der Waals surface area contributed by atoms with Crippen LogP contribution in [0.15, 0.2) is 42.5 Å². The van der Waals surface area contributed by atoms with Crippen LogP contribution in [0, 0.1) is 0 Å². The quantitative estimate of drug-likeness (QED) is 0.537. The first-order valence-corrected chi connectivity index (χ1v) is 5.40. The van der Waals surface area contributed by atoms with Gasteiger partial charge in [0.15, 0.2) is 0 Å².